The molecule has 0 radical (unpaired) electrons. The number of rotatable bonds is 9. The number of fused-ring (bicyclic) bond motifs is 3. The lowest BCUT2D eigenvalue weighted by molar-refractivity contribution is -0.201. The Labute approximate surface area is 226 Å². The Bertz CT molecular complexity index is 1090. The van der Waals surface area contributed by atoms with Crippen molar-refractivity contribution in [2.75, 3.05) is 6.61 Å². The zero-order chi connectivity index (χ0) is 27.9. The maximum absolute atomic E-state index is 14.3. The molecule has 8 atom stereocenters. The second-order valence-corrected chi connectivity index (χ2v) is 12.4. The van der Waals surface area contributed by atoms with Crippen molar-refractivity contribution < 1.29 is 29.6 Å². The molecule has 4 aliphatic rings. The molecule has 0 aromatic heterocycles. The molecule has 2 saturated carbocycles. The summed E-state index contributed by atoms with van der Waals surface area (Å²) in [6.07, 6.45) is 16.4. The van der Waals surface area contributed by atoms with Crippen LogP contribution in [-0.4, -0.2) is 51.5 Å². The number of carbonyl (C=O) groups excluding carboxylic acids is 2. The minimum atomic E-state index is -2.11. The Morgan fingerprint density at radius 2 is 1.89 bits per heavy atom. The number of unbranched alkanes of at least 4 members (excludes halogenated alkanes) is 3. The lowest BCUT2D eigenvalue weighted by Crippen LogP contribution is -2.65. The second kappa shape index (κ2) is 10.7. The van der Waals surface area contributed by atoms with Gasteiger partial charge in [0.2, 0.25) is 0 Å². The summed E-state index contributed by atoms with van der Waals surface area (Å²) in [4.78, 5) is 27.1. The van der Waals surface area contributed by atoms with Crippen LogP contribution in [0.4, 0.5) is 0 Å². The Morgan fingerprint density at radius 1 is 1.18 bits per heavy atom. The van der Waals surface area contributed by atoms with Crippen molar-refractivity contribution in [3.63, 3.8) is 0 Å². The van der Waals surface area contributed by atoms with Crippen LogP contribution in [0.5, 0.6) is 0 Å². The molecule has 6 nitrogen and oxygen atoms in total. The van der Waals surface area contributed by atoms with Crippen molar-refractivity contribution in [3.05, 3.63) is 59.8 Å². The number of hydrogen-bond donors (Lipinski definition) is 3. The molecule has 2 bridgehead atoms. The van der Waals surface area contributed by atoms with Crippen LogP contribution < -0.4 is 0 Å². The van der Waals surface area contributed by atoms with Gasteiger partial charge in [-0.1, -0.05) is 83.1 Å². The van der Waals surface area contributed by atoms with E-state index < -0.39 is 41.7 Å². The number of ketones is 1. The van der Waals surface area contributed by atoms with E-state index in [0.717, 1.165) is 19.3 Å². The summed E-state index contributed by atoms with van der Waals surface area (Å²) in [5, 5.41) is 34.1. The highest BCUT2D eigenvalue weighted by Gasteiger charge is 2.76. The maximum Gasteiger partial charge on any atom is 0.331 e. The summed E-state index contributed by atoms with van der Waals surface area (Å²) in [6, 6.07) is 0. The standard InChI is InChI=1S/C32H44O6/c1-6-7-8-9-10-11-12-13-14-15-25(34)38-29-20(2)18-31-21(3)16-24-26(30(24,4)5)23(28(31)36)17-22(19-33)27(35)32(29,31)37/h10-15,17-18,21,23-24,26-27,29,33,35,37H,6-9,16,19H2,1-5H3/b11-10+,13-12+,15-14+/t21-,23+,24-,26+,27-,29+,31?,32+/m1/s1. The van der Waals surface area contributed by atoms with E-state index in [2.05, 4.69) is 26.8 Å². The van der Waals surface area contributed by atoms with Crippen molar-refractivity contribution in [1.29, 1.82) is 0 Å². The smallest absolute Gasteiger partial charge is 0.331 e. The zero-order valence-corrected chi connectivity index (χ0v) is 23.4. The third-order valence-electron chi connectivity index (χ3n) is 9.81. The molecule has 1 spiro atoms. The van der Waals surface area contributed by atoms with E-state index in [4.69, 9.17) is 4.74 Å². The molecule has 0 aliphatic heterocycles. The summed E-state index contributed by atoms with van der Waals surface area (Å²) >= 11 is 0. The molecule has 0 aromatic rings. The van der Waals surface area contributed by atoms with Crippen LogP contribution >= 0.6 is 0 Å². The lowest BCUT2D eigenvalue weighted by atomic mass is 9.59. The molecular weight excluding hydrogens is 480 g/mol. The van der Waals surface area contributed by atoms with Crippen LogP contribution in [0.25, 0.3) is 0 Å². The van der Waals surface area contributed by atoms with Gasteiger partial charge in [-0.2, -0.15) is 0 Å². The van der Waals surface area contributed by atoms with E-state index in [9.17, 15) is 24.9 Å². The van der Waals surface area contributed by atoms with Gasteiger partial charge in [0.05, 0.1) is 12.0 Å². The van der Waals surface area contributed by atoms with Crippen molar-refractivity contribution in [3.8, 4) is 0 Å². The minimum absolute atomic E-state index is 0.0348. The monoisotopic (exact) mass is 524 g/mol. The van der Waals surface area contributed by atoms with Crippen LogP contribution in [0, 0.1) is 34.5 Å². The Kier molecular flexibility index (Phi) is 8.09. The first kappa shape index (κ1) is 28.7. The highest BCUT2D eigenvalue weighted by molar-refractivity contribution is 5.95. The molecule has 4 rings (SSSR count). The van der Waals surface area contributed by atoms with E-state index in [1.165, 1.54) is 18.9 Å². The predicted molar refractivity (Wildman–Crippen MR) is 147 cm³/mol. The van der Waals surface area contributed by atoms with Crippen molar-refractivity contribution in [1.82, 2.24) is 0 Å². The van der Waals surface area contributed by atoms with Gasteiger partial charge in [0.25, 0.3) is 0 Å². The van der Waals surface area contributed by atoms with E-state index in [0.29, 0.717) is 11.5 Å². The fourth-order valence-corrected chi connectivity index (χ4v) is 7.70. The van der Waals surface area contributed by atoms with Crippen molar-refractivity contribution in [2.45, 2.75) is 84.5 Å². The van der Waals surface area contributed by atoms with Crippen LogP contribution in [0.15, 0.2) is 59.8 Å². The van der Waals surface area contributed by atoms with Gasteiger partial charge in [0.15, 0.2) is 17.5 Å². The average Bonchev–Trinajstić information content (AvgIpc) is 3.36. The molecule has 4 aliphatic carbocycles. The lowest BCUT2D eigenvalue weighted by Gasteiger charge is -2.48. The van der Waals surface area contributed by atoms with E-state index >= 15 is 0 Å². The number of esters is 1. The summed E-state index contributed by atoms with van der Waals surface area (Å²) in [5.41, 5.74) is -2.83. The molecule has 208 valence electrons. The Morgan fingerprint density at radius 3 is 2.58 bits per heavy atom. The fraction of sp³-hybridized carbons (Fsp3) is 0.625. The van der Waals surface area contributed by atoms with Crippen LogP contribution in [0.1, 0.15) is 66.7 Å². The molecule has 0 amide bonds. The largest absolute Gasteiger partial charge is 0.451 e. The number of Topliss-reactive ketones (excluding diaryl/α,β-unsaturated/α-hetero) is 1. The van der Waals surface area contributed by atoms with Gasteiger partial charge >= 0.3 is 5.97 Å². The highest BCUT2D eigenvalue weighted by atomic mass is 16.6. The van der Waals surface area contributed by atoms with Gasteiger partial charge in [-0.05, 0) is 60.5 Å². The minimum Gasteiger partial charge on any atom is -0.451 e. The number of ether oxygens (including phenoxy) is 1. The normalized spacial score (nSPS) is 39.5. The van der Waals surface area contributed by atoms with Crippen LogP contribution in [0.3, 0.4) is 0 Å². The SMILES string of the molecule is CCCCC/C=C/C=C/C=C/C(=O)O[C@H]1C(C)=CC23C(=O)[C@@H](C=C(CO)[C@@H](O)[C@]12O)[C@H]1[C@@H](C[C@H]3C)C1(C)C. The third kappa shape index (κ3) is 4.39. The Balaban J connectivity index is 1.59. The molecule has 2 fully saturated rings. The molecule has 0 aromatic carbocycles. The topological polar surface area (TPSA) is 104 Å². The molecule has 3 N–H and O–H groups in total. The first-order chi connectivity index (χ1) is 18.0. The summed E-state index contributed by atoms with van der Waals surface area (Å²) in [5.74, 6) is -1.27. The molecule has 6 heteroatoms. The first-order valence-electron chi connectivity index (χ1n) is 14.1. The quantitative estimate of drug-likeness (QED) is 0.134. The van der Waals surface area contributed by atoms with Gasteiger partial charge in [0.1, 0.15) is 6.10 Å². The number of carbonyl (C=O) groups is 2. The fourth-order valence-electron chi connectivity index (χ4n) is 7.70. The van der Waals surface area contributed by atoms with E-state index in [1.54, 1.807) is 31.2 Å². The third-order valence-corrected chi connectivity index (χ3v) is 9.81. The van der Waals surface area contributed by atoms with Gasteiger partial charge in [-0.3, -0.25) is 4.79 Å². The predicted octanol–water partition coefficient (Wildman–Crippen LogP) is 4.62. The summed E-state index contributed by atoms with van der Waals surface area (Å²) in [6.45, 7) is 9.66. The zero-order valence-electron chi connectivity index (χ0n) is 23.4. The second-order valence-electron chi connectivity index (χ2n) is 12.4. The van der Waals surface area contributed by atoms with Crippen molar-refractivity contribution >= 4 is 11.8 Å². The van der Waals surface area contributed by atoms with Gasteiger partial charge in [-0.25, -0.2) is 4.79 Å². The van der Waals surface area contributed by atoms with Crippen molar-refractivity contribution in [2.24, 2.45) is 34.5 Å². The number of aliphatic hydroxyl groups is 3. The molecule has 1 unspecified atom stereocenters. The number of allylic oxidation sites excluding steroid dienone is 6. The summed E-state index contributed by atoms with van der Waals surface area (Å²) in [7, 11) is 0. The van der Waals surface area contributed by atoms with E-state index in [1.807, 2.05) is 19.1 Å². The molecule has 0 saturated heterocycles. The van der Waals surface area contributed by atoms with Gasteiger partial charge in [0, 0.05) is 12.0 Å². The van der Waals surface area contributed by atoms with E-state index in [-0.39, 0.29) is 28.6 Å². The maximum atomic E-state index is 14.3. The average molecular weight is 525 g/mol. The molecule has 38 heavy (non-hydrogen) atoms. The Hall–Kier alpha value is -2.28. The molecular formula is C32H44O6. The summed E-state index contributed by atoms with van der Waals surface area (Å²) < 4.78 is 5.77. The van der Waals surface area contributed by atoms with Gasteiger partial charge in [-0.15, -0.1) is 0 Å². The first-order valence-corrected chi connectivity index (χ1v) is 14.1. The van der Waals surface area contributed by atoms with Crippen LogP contribution in [0.2, 0.25) is 0 Å². The highest BCUT2D eigenvalue weighted by Crippen LogP contribution is 2.71. The molecule has 0 heterocycles. The van der Waals surface area contributed by atoms with Gasteiger partial charge < -0.3 is 20.1 Å². The number of aliphatic hydroxyl groups excluding tert-OH is 2. The number of hydrogen-bond acceptors (Lipinski definition) is 6. The van der Waals surface area contributed by atoms with Crippen LogP contribution in [-0.2, 0) is 14.3 Å².